The molecule has 0 bridgehead atoms. The lowest BCUT2D eigenvalue weighted by molar-refractivity contribution is 0.280. The zero-order valence-corrected chi connectivity index (χ0v) is 13.3. The van der Waals surface area contributed by atoms with Gasteiger partial charge in [0, 0.05) is 12.2 Å². The van der Waals surface area contributed by atoms with Crippen molar-refractivity contribution in [3.05, 3.63) is 17.7 Å². The molecular formula is C15H22N2O3S. The van der Waals surface area contributed by atoms with Crippen LogP contribution < -0.4 is 15.2 Å². The number of rotatable bonds is 4. The molecule has 1 fully saturated rings. The topological polar surface area (TPSA) is 81.4 Å². The van der Waals surface area contributed by atoms with Gasteiger partial charge in [0.05, 0.1) is 6.61 Å². The van der Waals surface area contributed by atoms with E-state index < -0.39 is 10.0 Å². The lowest BCUT2D eigenvalue weighted by Gasteiger charge is -2.21. The van der Waals surface area contributed by atoms with Crippen molar-refractivity contribution >= 4 is 15.7 Å². The number of fused-ring (bicyclic) bond motifs is 1. The minimum atomic E-state index is -3.58. The molecule has 5 nitrogen and oxygen atoms in total. The van der Waals surface area contributed by atoms with Crippen molar-refractivity contribution in [2.45, 2.75) is 38.0 Å². The molecule has 0 aromatic heterocycles. The second-order valence-electron chi connectivity index (χ2n) is 6.70. The van der Waals surface area contributed by atoms with Crippen LogP contribution in [-0.4, -0.2) is 21.6 Å². The molecule has 6 heteroatoms. The predicted molar refractivity (Wildman–Crippen MR) is 81.7 cm³/mol. The number of nitrogens with one attached hydrogen (secondary N) is 1. The smallest absolute Gasteiger partial charge is 0.244 e. The summed E-state index contributed by atoms with van der Waals surface area (Å²) >= 11 is 0. The van der Waals surface area contributed by atoms with E-state index in [9.17, 15) is 8.42 Å². The van der Waals surface area contributed by atoms with Crippen LogP contribution in [0, 0.1) is 11.3 Å². The van der Waals surface area contributed by atoms with Crippen LogP contribution in [0.2, 0.25) is 0 Å². The minimum absolute atomic E-state index is 0.177. The Hall–Kier alpha value is -1.27. The third-order valence-electron chi connectivity index (χ3n) is 4.52. The van der Waals surface area contributed by atoms with E-state index in [-0.39, 0.29) is 10.3 Å². The van der Waals surface area contributed by atoms with E-state index in [1.54, 1.807) is 6.07 Å². The predicted octanol–water partition coefficient (Wildman–Crippen LogP) is 1.92. The SMILES string of the molecule is CC1(C)CC1CNS(=O)(=O)c1cc(N)cc2c1OCCC2. The molecule has 1 aromatic rings. The first-order valence-corrected chi connectivity index (χ1v) is 8.83. The third-order valence-corrected chi connectivity index (χ3v) is 5.95. The summed E-state index contributed by atoms with van der Waals surface area (Å²) in [6.45, 7) is 5.32. The van der Waals surface area contributed by atoms with Crippen molar-refractivity contribution in [3.8, 4) is 5.75 Å². The van der Waals surface area contributed by atoms with Crippen LogP contribution in [0.5, 0.6) is 5.75 Å². The summed E-state index contributed by atoms with van der Waals surface area (Å²) in [5.74, 6) is 0.878. The number of nitrogens with two attached hydrogens (primary N) is 1. The molecule has 116 valence electrons. The summed E-state index contributed by atoms with van der Waals surface area (Å²) in [4.78, 5) is 0.177. The van der Waals surface area contributed by atoms with E-state index in [4.69, 9.17) is 10.5 Å². The Morgan fingerprint density at radius 3 is 2.81 bits per heavy atom. The largest absolute Gasteiger partial charge is 0.492 e. The number of anilines is 1. The van der Waals surface area contributed by atoms with Gasteiger partial charge >= 0.3 is 0 Å². The molecular weight excluding hydrogens is 288 g/mol. The van der Waals surface area contributed by atoms with Crippen LogP contribution in [0.15, 0.2) is 17.0 Å². The molecule has 0 saturated heterocycles. The zero-order chi connectivity index (χ0) is 15.3. The van der Waals surface area contributed by atoms with Crippen LogP contribution >= 0.6 is 0 Å². The fraction of sp³-hybridized carbons (Fsp3) is 0.600. The molecule has 1 heterocycles. The Morgan fingerprint density at radius 1 is 1.43 bits per heavy atom. The number of nitrogen functional groups attached to an aromatic ring is 1. The summed E-state index contributed by atoms with van der Waals surface area (Å²) in [6.07, 6.45) is 2.75. The van der Waals surface area contributed by atoms with Crippen molar-refractivity contribution in [1.82, 2.24) is 4.72 Å². The van der Waals surface area contributed by atoms with Crippen LogP contribution in [0.4, 0.5) is 5.69 Å². The molecule has 2 aliphatic rings. The molecule has 0 spiro atoms. The summed E-state index contributed by atoms with van der Waals surface area (Å²) in [5.41, 5.74) is 7.43. The highest BCUT2D eigenvalue weighted by Gasteiger charge is 2.45. The number of aryl methyl sites for hydroxylation is 1. The normalized spacial score (nSPS) is 23.2. The second-order valence-corrected chi connectivity index (χ2v) is 8.44. The van der Waals surface area contributed by atoms with Gasteiger partial charge < -0.3 is 10.5 Å². The Balaban J connectivity index is 1.86. The van der Waals surface area contributed by atoms with Gasteiger partial charge in [-0.05, 0) is 48.3 Å². The van der Waals surface area contributed by atoms with E-state index in [0.717, 1.165) is 24.8 Å². The maximum atomic E-state index is 12.6. The van der Waals surface area contributed by atoms with Crippen LogP contribution in [0.3, 0.4) is 0 Å². The highest BCUT2D eigenvalue weighted by Crippen LogP contribution is 2.51. The fourth-order valence-electron chi connectivity index (χ4n) is 2.88. The lowest BCUT2D eigenvalue weighted by Crippen LogP contribution is -2.28. The van der Waals surface area contributed by atoms with Gasteiger partial charge in [0.1, 0.15) is 10.6 Å². The molecule has 3 rings (SSSR count). The molecule has 0 radical (unpaired) electrons. The van der Waals surface area contributed by atoms with Gasteiger partial charge in [-0.1, -0.05) is 13.8 Å². The van der Waals surface area contributed by atoms with Gasteiger partial charge in [0.2, 0.25) is 10.0 Å². The number of benzene rings is 1. The third kappa shape index (κ3) is 2.87. The first kappa shape index (κ1) is 14.7. The van der Waals surface area contributed by atoms with Gasteiger partial charge in [0.25, 0.3) is 0 Å². The van der Waals surface area contributed by atoms with E-state index in [0.29, 0.717) is 30.5 Å². The lowest BCUT2D eigenvalue weighted by atomic mass is 10.1. The summed E-state index contributed by atoms with van der Waals surface area (Å²) in [7, 11) is -3.58. The van der Waals surface area contributed by atoms with E-state index >= 15 is 0 Å². The van der Waals surface area contributed by atoms with Gasteiger partial charge in [-0.2, -0.15) is 0 Å². The fourth-order valence-corrected chi connectivity index (χ4v) is 4.18. The average molecular weight is 310 g/mol. The average Bonchev–Trinajstić information content (AvgIpc) is 3.03. The Kier molecular flexibility index (Phi) is 3.41. The molecule has 1 saturated carbocycles. The number of hydrogen-bond acceptors (Lipinski definition) is 4. The van der Waals surface area contributed by atoms with Gasteiger partial charge in [-0.3, -0.25) is 0 Å². The van der Waals surface area contributed by atoms with Crippen molar-refractivity contribution in [2.24, 2.45) is 11.3 Å². The van der Waals surface area contributed by atoms with Gasteiger partial charge in [-0.15, -0.1) is 0 Å². The number of ether oxygens (including phenoxy) is 1. The monoisotopic (exact) mass is 310 g/mol. The number of hydrogen-bond donors (Lipinski definition) is 2. The van der Waals surface area contributed by atoms with Crippen LogP contribution in [-0.2, 0) is 16.4 Å². The molecule has 0 amide bonds. The highest BCUT2D eigenvalue weighted by atomic mass is 32.2. The van der Waals surface area contributed by atoms with Crippen molar-refractivity contribution in [3.63, 3.8) is 0 Å². The Bertz CT molecular complexity index is 668. The Morgan fingerprint density at radius 2 is 2.14 bits per heavy atom. The molecule has 21 heavy (non-hydrogen) atoms. The second kappa shape index (κ2) is 4.88. The van der Waals surface area contributed by atoms with Crippen molar-refractivity contribution in [2.75, 3.05) is 18.9 Å². The maximum Gasteiger partial charge on any atom is 0.244 e. The quantitative estimate of drug-likeness (QED) is 0.833. The molecule has 1 aliphatic heterocycles. The first-order valence-electron chi connectivity index (χ1n) is 7.34. The van der Waals surface area contributed by atoms with Crippen molar-refractivity contribution in [1.29, 1.82) is 0 Å². The summed E-state index contributed by atoms with van der Waals surface area (Å²) in [6, 6.07) is 3.29. The first-order chi connectivity index (χ1) is 9.79. The van der Waals surface area contributed by atoms with Gasteiger partial charge in [0.15, 0.2) is 0 Å². The van der Waals surface area contributed by atoms with E-state index in [2.05, 4.69) is 18.6 Å². The maximum absolute atomic E-state index is 12.6. The Labute approximate surface area is 125 Å². The van der Waals surface area contributed by atoms with Crippen molar-refractivity contribution < 1.29 is 13.2 Å². The zero-order valence-electron chi connectivity index (χ0n) is 12.5. The number of sulfonamides is 1. The molecule has 1 unspecified atom stereocenters. The summed E-state index contributed by atoms with van der Waals surface area (Å²) in [5, 5.41) is 0. The highest BCUT2D eigenvalue weighted by molar-refractivity contribution is 7.89. The van der Waals surface area contributed by atoms with Gasteiger partial charge in [-0.25, -0.2) is 13.1 Å². The summed E-state index contributed by atoms with van der Waals surface area (Å²) < 4.78 is 33.4. The molecule has 1 aliphatic carbocycles. The van der Waals surface area contributed by atoms with E-state index in [1.165, 1.54) is 6.07 Å². The van der Waals surface area contributed by atoms with E-state index in [1.807, 2.05) is 0 Å². The minimum Gasteiger partial charge on any atom is -0.492 e. The standard InChI is InChI=1S/C15H22N2O3S/c1-15(2)8-11(15)9-17-21(18,19)13-7-12(16)6-10-4-3-5-20-14(10)13/h6-7,11,17H,3-5,8-9,16H2,1-2H3. The van der Waals surface area contributed by atoms with Crippen LogP contribution in [0.25, 0.3) is 0 Å². The molecule has 3 N–H and O–H groups in total. The molecule has 1 atom stereocenters. The van der Waals surface area contributed by atoms with Crippen LogP contribution in [0.1, 0.15) is 32.3 Å². The molecule has 1 aromatic carbocycles.